The molecule has 1 aliphatic rings. The van der Waals surface area contributed by atoms with Crippen LogP contribution in [0.3, 0.4) is 0 Å². The zero-order valence-electron chi connectivity index (χ0n) is 10.9. The van der Waals surface area contributed by atoms with Crippen molar-refractivity contribution in [2.24, 2.45) is 5.92 Å². The van der Waals surface area contributed by atoms with Gasteiger partial charge in [0.1, 0.15) is 5.82 Å². The zero-order chi connectivity index (χ0) is 12.8. The van der Waals surface area contributed by atoms with Crippen molar-refractivity contribution in [3.8, 4) is 0 Å². The van der Waals surface area contributed by atoms with Gasteiger partial charge in [0.2, 0.25) is 5.95 Å². The molecular formula is C13H21BrN4. The average Bonchev–Trinajstić information content (AvgIpc) is 2.89. The SMILES string of the molecule is CNc1ncc(Br)c(NCCCC2CCCC2)n1. The highest BCUT2D eigenvalue weighted by Crippen LogP contribution is 2.28. The fourth-order valence-electron chi connectivity index (χ4n) is 2.51. The van der Waals surface area contributed by atoms with E-state index in [4.69, 9.17) is 0 Å². The second-order valence-electron chi connectivity index (χ2n) is 4.86. The maximum absolute atomic E-state index is 4.38. The van der Waals surface area contributed by atoms with Crippen molar-refractivity contribution in [3.05, 3.63) is 10.7 Å². The van der Waals surface area contributed by atoms with Crippen LogP contribution in [0.25, 0.3) is 0 Å². The Morgan fingerprint density at radius 3 is 2.89 bits per heavy atom. The van der Waals surface area contributed by atoms with E-state index in [1.807, 2.05) is 7.05 Å². The first kappa shape index (κ1) is 13.6. The highest BCUT2D eigenvalue weighted by atomic mass is 79.9. The van der Waals surface area contributed by atoms with E-state index in [2.05, 4.69) is 36.5 Å². The first-order chi connectivity index (χ1) is 8.79. The number of anilines is 2. The fraction of sp³-hybridized carbons (Fsp3) is 0.692. The van der Waals surface area contributed by atoms with Crippen LogP contribution >= 0.6 is 15.9 Å². The number of nitrogens with one attached hydrogen (secondary N) is 2. The molecule has 0 radical (unpaired) electrons. The number of rotatable bonds is 6. The Morgan fingerprint density at radius 1 is 1.39 bits per heavy atom. The zero-order valence-corrected chi connectivity index (χ0v) is 12.5. The van der Waals surface area contributed by atoms with Crippen LogP contribution in [0.4, 0.5) is 11.8 Å². The molecule has 100 valence electrons. The van der Waals surface area contributed by atoms with Crippen molar-refractivity contribution in [2.45, 2.75) is 38.5 Å². The molecule has 0 amide bonds. The Kier molecular flexibility index (Phi) is 5.23. The third kappa shape index (κ3) is 3.83. The molecule has 5 heteroatoms. The van der Waals surface area contributed by atoms with Crippen LogP contribution in [0.15, 0.2) is 10.7 Å². The van der Waals surface area contributed by atoms with Crippen molar-refractivity contribution in [1.82, 2.24) is 9.97 Å². The summed E-state index contributed by atoms with van der Waals surface area (Å²) in [5.41, 5.74) is 0. The minimum Gasteiger partial charge on any atom is -0.369 e. The summed E-state index contributed by atoms with van der Waals surface area (Å²) in [6.45, 7) is 0.981. The summed E-state index contributed by atoms with van der Waals surface area (Å²) < 4.78 is 0.919. The van der Waals surface area contributed by atoms with Crippen LogP contribution in [0.5, 0.6) is 0 Å². The van der Waals surface area contributed by atoms with Crippen molar-refractivity contribution in [2.75, 3.05) is 24.2 Å². The molecule has 0 spiro atoms. The van der Waals surface area contributed by atoms with Crippen molar-refractivity contribution in [3.63, 3.8) is 0 Å². The normalized spacial score (nSPS) is 15.9. The lowest BCUT2D eigenvalue weighted by Gasteiger charge is -2.11. The molecule has 2 rings (SSSR count). The third-order valence-electron chi connectivity index (χ3n) is 3.52. The van der Waals surface area contributed by atoms with Gasteiger partial charge in [-0.05, 0) is 34.7 Å². The van der Waals surface area contributed by atoms with Crippen molar-refractivity contribution in [1.29, 1.82) is 0 Å². The lowest BCUT2D eigenvalue weighted by molar-refractivity contribution is 0.491. The molecule has 0 atom stereocenters. The van der Waals surface area contributed by atoms with Crippen molar-refractivity contribution >= 4 is 27.7 Å². The molecule has 1 saturated carbocycles. The van der Waals surface area contributed by atoms with Crippen LogP contribution in [0.2, 0.25) is 0 Å². The van der Waals surface area contributed by atoms with Gasteiger partial charge in [0.25, 0.3) is 0 Å². The van der Waals surface area contributed by atoms with E-state index >= 15 is 0 Å². The van der Waals surface area contributed by atoms with E-state index in [1.165, 1.54) is 38.5 Å². The summed E-state index contributed by atoms with van der Waals surface area (Å²) in [7, 11) is 1.83. The maximum Gasteiger partial charge on any atom is 0.224 e. The molecular weight excluding hydrogens is 292 g/mol. The molecule has 4 nitrogen and oxygen atoms in total. The predicted octanol–water partition coefficient (Wildman–Crippen LogP) is 3.66. The molecule has 0 unspecified atom stereocenters. The number of hydrogen-bond donors (Lipinski definition) is 2. The summed E-state index contributed by atoms with van der Waals surface area (Å²) in [5.74, 6) is 2.49. The Morgan fingerprint density at radius 2 is 2.17 bits per heavy atom. The molecule has 1 aromatic rings. The summed E-state index contributed by atoms with van der Waals surface area (Å²) >= 11 is 3.46. The van der Waals surface area contributed by atoms with Gasteiger partial charge >= 0.3 is 0 Å². The van der Waals surface area contributed by atoms with E-state index < -0.39 is 0 Å². The smallest absolute Gasteiger partial charge is 0.224 e. The van der Waals surface area contributed by atoms with Crippen molar-refractivity contribution < 1.29 is 0 Å². The third-order valence-corrected chi connectivity index (χ3v) is 4.10. The monoisotopic (exact) mass is 312 g/mol. The minimum atomic E-state index is 0.650. The molecule has 1 heterocycles. The molecule has 0 bridgehead atoms. The quantitative estimate of drug-likeness (QED) is 0.787. The topological polar surface area (TPSA) is 49.8 Å². The van der Waals surface area contributed by atoms with Gasteiger partial charge < -0.3 is 10.6 Å². The molecule has 1 fully saturated rings. The van der Waals surface area contributed by atoms with Crippen LogP contribution in [0.1, 0.15) is 38.5 Å². The maximum atomic E-state index is 4.38. The minimum absolute atomic E-state index is 0.650. The Balaban J connectivity index is 1.75. The van der Waals surface area contributed by atoms with Gasteiger partial charge in [-0.25, -0.2) is 4.98 Å². The largest absolute Gasteiger partial charge is 0.369 e. The second-order valence-corrected chi connectivity index (χ2v) is 5.71. The molecule has 1 aliphatic carbocycles. The van der Waals surface area contributed by atoms with Crippen LogP contribution in [0, 0.1) is 5.92 Å². The van der Waals surface area contributed by atoms with Gasteiger partial charge in [-0.15, -0.1) is 0 Å². The second kappa shape index (κ2) is 6.92. The Bertz CT molecular complexity index is 377. The Hall–Kier alpha value is -0.840. The average molecular weight is 313 g/mol. The number of halogens is 1. The summed E-state index contributed by atoms with van der Waals surface area (Å²) in [6.07, 6.45) is 10.1. The number of hydrogen-bond acceptors (Lipinski definition) is 4. The van der Waals surface area contributed by atoms with E-state index in [0.29, 0.717) is 5.95 Å². The molecule has 1 aromatic heterocycles. The standard InChI is InChI=1S/C13H21BrN4/c1-15-13-17-9-11(14)12(18-13)16-8-4-7-10-5-2-3-6-10/h9-10H,2-8H2,1H3,(H2,15,16,17,18). The highest BCUT2D eigenvalue weighted by molar-refractivity contribution is 9.10. The molecule has 2 N–H and O–H groups in total. The Labute approximate surface area is 117 Å². The predicted molar refractivity (Wildman–Crippen MR) is 79.0 cm³/mol. The van der Waals surface area contributed by atoms with E-state index in [1.54, 1.807) is 6.20 Å². The summed E-state index contributed by atoms with van der Waals surface area (Å²) in [5, 5.41) is 6.32. The van der Waals surface area contributed by atoms with E-state index in [0.717, 1.165) is 22.8 Å². The van der Waals surface area contributed by atoms with Gasteiger partial charge in [0.05, 0.1) is 4.47 Å². The molecule has 18 heavy (non-hydrogen) atoms. The fourth-order valence-corrected chi connectivity index (χ4v) is 2.84. The lowest BCUT2D eigenvalue weighted by atomic mass is 10.0. The van der Waals surface area contributed by atoms with Crippen LogP contribution < -0.4 is 10.6 Å². The number of nitrogens with zero attached hydrogens (tertiary/aromatic N) is 2. The summed E-state index contributed by atoms with van der Waals surface area (Å²) in [6, 6.07) is 0. The first-order valence-electron chi connectivity index (χ1n) is 6.73. The van der Waals surface area contributed by atoms with Gasteiger partial charge in [-0.2, -0.15) is 4.98 Å². The van der Waals surface area contributed by atoms with E-state index in [-0.39, 0.29) is 0 Å². The highest BCUT2D eigenvalue weighted by Gasteiger charge is 2.14. The lowest BCUT2D eigenvalue weighted by Crippen LogP contribution is -2.08. The number of aromatic nitrogens is 2. The van der Waals surface area contributed by atoms with Crippen LogP contribution in [-0.4, -0.2) is 23.6 Å². The molecule has 0 saturated heterocycles. The van der Waals surface area contributed by atoms with Gasteiger partial charge in [0, 0.05) is 19.8 Å². The molecule has 0 aromatic carbocycles. The van der Waals surface area contributed by atoms with Gasteiger partial charge in [-0.3, -0.25) is 0 Å². The first-order valence-corrected chi connectivity index (χ1v) is 7.53. The van der Waals surface area contributed by atoms with Gasteiger partial charge in [0.15, 0.2) is 0 Å². The van der Waals surface area contributed by atoms with Crippen LogP contribution in [-0.2, 0) is 0 Å². The van der Waals surface area contributed by atoms with E-state index in [9.17, 15) is 0 Å². The van der Waals surface area contributed by atoms with Gasteiger partial charge in [-0.1, -0.05) is 25.7 Å². The summed E-state index contributed by atoms with van der Waals surface area (Å²) in [4.78, 5) is 8.52. The molecule has 0 aliphatic heterocycles.